The summed E-state index contributed by atoms with van der Waals surface area (Å²) >= 11 is 3.40. The molecule has 0 amide bonds. The topological polar surface area (TPSA) is 33.7 Å². The summed E-state index contributed by atoms with van der Waals surface area (Å²) in [7, 11) is -3.23. The molecule has 0 saturated carbocycles. The Bertz CT molecular complexity index is 1520. The van der Waals surface area contributed by atoms with E-state index in [1.807, 2.05) is 0 Å². The lowest BCUT2D eigenvalue weighted by Gasteiger charge is -2.36. The van der Waals surface area contributed by atoms with Crippen LogP contribution in [0.25, 0.3) is 0 Å². The highest BCUT2D eigenvalue weighted by Crippen LogP contribution is 2.37. The predicted octanol–water partition coefficient (Wildman–Crippen LogP) is 14.0. The fraction of sp³-hybridized carbons (Fsp3) is 0.429. The monoisotopic (exact) mass is 834 g/mol. The number of halogens is 5. The second-order valence-corrected chi connectivity index (χ2v) is 26.3. The second-order valence-electron chi connectivity index (χ2n) is 15.9. The van der Waals surface area contributed by atoms with Gasteiger partial charge in [0.15, 0.2) is 16.6 Å². The van der Waals surface area contributed by atoms with E-state index in [0.29, 0.717) is 18.2 Å². The standard InChI is InChI=1S/C21H29F2NOSi.C12H9F2N.C9H21BrOSi/c1-21(2,3)26(4,5)25-16-6-15-24(19-11-7-17(22)8-12-19)20-13-9-18(23)10-14-20;13-9-1-5-11(6-2-9)15-12-7-3-10(14)4-8-12;1-9(2,3)12(4,5)11-8-6-7-10/h7-14H,6,15-16H2,1-5H3;1-8,15H;6-8H2,1-5H3. The minimum atomic E-state index is -1.77. The molecular weight excluding hydrogens is 777 g/mol. The predicted molar refractivity (Wildman–Crippen MR) is 225 cm³/mol. The van der Waals surface area contributed by atoms with Gasteiger partial charge in [-0.05, 0) is 146 Å². The van der Waals surface area contributed by atoms with Gasteiger partial charge >= 0.3 is 0 Å². The number of hydrogen-bond donors (Lipinski definition) is 1. The van der Waals surface area contributed by atoms with Crippen molar-refractivity contribution in [1.82, 2.24) is 0 Å². The van der Waals surface area contributed by atoms with E-state index in [9.17, 15) is 17.6 Å². The Morgan fingerprint density at radius 2 is 0.830 bits per heavy atom. The molecule has 0 saturated heterocycles. The molecule has 4 rings (SSSR count). The molecule has 0 aromatic heterocycles. The molecule has 0 atom stereocenters. The lowest BCUT2D eigenvalue weighted by molar-refractivity contribution is 0.284. The fourth-order valence-electron chi connectivity index (χ4n) is 4.25. The Labute approximate surface area is 326 Å². The van der Waals surface area contributed by atoms with Crippen molar-refractivity contribution in [2.24, 2.45) is 0 Å². The van der Waals surface area contributed by atoms with E-state index >= 15 is 0 Å². The number of nitrogens with one attached hydrogen (secondary N) is 1. The average molecular weight is 836 g/mol. The number of alkyl halides is 1. The van der Waals surface area contributed by atoms with Gasteiger partial charge in [-0.2, -0.15) is 0 Å². The van der Waals surface area contributed by atoms with E-state index in [1.54, 1.807) is 48.5 Å². The molecule has 0 bridgehead atoms. The minimum Gasteiger partial charge on any atom is -0.417 e. The average Bonchev–Trinajstić information content (AvgIpc) is 3.08. The van der Waals surface area contributed by atoms with Gasteiger partial charge in [-0.3, -0.25) is 0 Å². The molecule has 0 fully saturated rings. The van der Waals surface area contributed by atoms with E-state index < -0.39 is 16.6 Å². The van der Waals surface area contributed by atoms with Gasteiger partial charge in [0.2, 0.25) is 0 Å². The first-order valence-corrected chi connectivity index (χ1v) is 25.0. The highest BCUT2D eigenvalue weighted by Gasteiger charge is 2.37. The van der Waals surface area contributed by atoms with Crippen molar-refractivity contribution in [2.45, 2.75) is 90.6 Å². The van der Waals surface area contributed by atoms with Crippen LogP contribution in [0.2, 0.25) is 36.3 Å². The zero-order valence-corrected chi connectivity index (χ0v) is 36.7. The summed E-state index contributed by atoms with van der Waals surface area (Å²) in [6.07, 6.45) is 1.95. The van der Waals surface area contributed by atoms with Gasteiger partial charge in [0.05, 0.1) is 0 Å². The first-order valence-electron chi connectivity index (χ1n) is 18.1. The Morgan fingerprint density at radius 1 is 0.528 bits per heavy atom. The summed E-state index contributed by atoms with van der Waals surface area (Å²) in [5.74, 6) is -1.09. The van der Waals surface area contributed by atoms with Crippen molar-refractivity contribution in [3.63, 3.8) is 0 Å². The smallest absolute Gasteiger partial charge is 0.191 e. The van der Waals surface area contributed by atoms with Gasteiger partial charge in [-0.15, -0.1) is 0 Å². The van der Waals surface area contributed by atoms with Crippen molar-refractivity contribution in [2.75, 3.05) is 35.3 Å². The number of benzene rings is 4. The van der Waals surface area contributed by atoms with Gasteiger partial charge < -0.3 is 19.1 Å². The molecule has 11 heteroatoms. The van der Waals surface area contributed by atoms with Crippen LogP contribution in [0.5, 0.6) is 0 Å². The highest BCUT2D eigenvalue weighted by atomic mass is 79.9. The van der Waals surface area contributed by atoms with E-state index in [1.165, 1.54) is 48.5 Å². The molecule has 0 radical (unpaired) electrons. The fourth-order valence-corrected chi connectivity index (χ4v) is 6.65. The van der Waals surface area contributed by atoms with Crippen LogP contribution in [0, 0.1) is 23.3 Å². The third-order valence-corrected chi connectivity index (χ3v) is 19.2. The summed E-state index contributed by atoms with van der Waals surface area (Å²) < 4.78 is 63.9. The van der Waals surface area contributed by atoms with Gasteiger partial charge in [0.1, 0.15) is 23.3 Å². The van der Waals surface area contributed by atoms with E-state index in [4.69, 9.17) is 8.85 Å². The second kappa shape index (κ2) is 21.2. The Kier molecular flexibility index (Phi) is 18.5. The van der Waals surface area contributed by atoms with Crippen molar-refractivity contribution in [1.29, 1.82) is 0 Å². The van der Waals surface area contributed by atoms with Crippen LogP contribution in [0.4, 0.5) is 40.3 Å². The van der Waals surface area contributed by atoms with Gasteiger partial charge in [0, 0.05) is 47.8 Å². The lowest BCUT2D eigenvalue weighted by atomic mass is 10.2. The highest BCUT2D eigenvalue weighted by molar-refractivity contribution is 9.09. The zero-order chi connectivity index (χ0) is 39.9. The van der Waals surface area contributed by atoms with Gasteiger partial charge in [-0.1, -0.05) is 57.5 Å². The number of hydrogen-bond acceptors (Lipinski definition) is 4. The van der Waals surface area contributed by atoms with Crippen LogP contribution < -0.4 is 10.2 Å². The maximum absolute atomic E-state index is 13.3. The molecule has 0 unspecified atom stereocenters. The molecule has 0 aliphatic rings. The van der Waals surface area contributed by atoms with Crippen molar-refractivity contribution in [3.05, 3.63) is 120 Å². The van der Waals surface area contributed by atoms with Crippen LogP contribution in [-0.4, -0.2) is 41.7 Å². The Balaban J connectivity index is 0.000000304. The van der Waals surface area contributed by atoms with Crippen molar-refractivity contribution >= 4 is 55.3 Å². The molecule has 53 heavy (non-hydrogen) atoms. The molecule has 4 aromatic carbocycles. The molecule has 0 heterocycles. The summed E-state index contributed by atoms with van der Waals surface area (Å²) in [5, 5.41) is 4.60. The number of nitrogens with zero attached hydrogens (tertiary/aromatic N) is 1. The van der Waals surface area contributed by atoms with E-state index in [0.717, 1.165) is 47.5 Å². The van der Waals surface area contributed by atoms with E-state index in [-0.39, 0.29) is 28.3 Å². The third kappa shape index (κ3) is 16.5. The SMILES string of the molecule is CC(C)(C)[Si](C)(C)OCCCBr.CC(C)(C)[Si](C)(C)OCCCN(c1ccc(F)cc1)c1ccc(F)cc1.Fc1ccc(Nc2ccc(F)cc2)cc1. The van der Waals surface area contributed by atoms with Gasteiger partial charge in [-0.25, -0.2) is 17.6 Å². The van der Waals surface area contributed by atoms with Crippen LogP contribution >= 0.6 is 15.9 Å². The van der Waals surface area contributed by atoms with Crippen molar-refractivity contribution < 1.29 is 26.4 Å². The molecule has 1 N–H and O–H groups in total. The maximum Gasteiger partial charge on any atom is 0.191 e. The van der Waals surface area contributed by atoms with Crippen LogP contribution in [0.1, 0.15) is 54.4 Å². The molecule has 0 spiro atoms. The largest absolute Gasteiger partial charge is 0.417 e. The van der Waals surface area contributed by atoms with Crippen LogP contribution in [0.15, 0.2) is 97.1 Å². The number of rotatable bonds is 13. The van der Waals surface area contributed by atoms with Crippen LogP contribution in [0.3, 0.4) is 0 Å². The van der Waals surface area contributed by atoms with Gasteiger partial charge in [0.25, 0.3) is 0 Å². The minimum absolute atomic E-state index is 0.181. The molecular formula is C42H59BrF4N2O2Si2. The zero-order valence-electron chi connectivity index (χ0n) is 33.1. The third-order valence-electron chi connectivity index (χ3n) is 9.60. The lowest BCUT2D eigenvalue weighted by Crippen LogP contribution is -2.41. The maximum atomic E-state index is 13.3. The molecule has 4 nitrogen and oxygen atoms in total. The normalized spacial score (nSPS) is 11.9. The summed E-state index contributed by atoms with van der Waals surface area (Å²) in [6.45, 7) is 24.8. The first-order chi connectivity index (χ1) is 24.6. The van der Waals surface area contributed by atoms with E-state index in [2.05, 4.69) is 93.9 Å². The first kappa shape index (κ1) is 46.2. The quantitative estimate of drug-likeness (QED) is 0.0630. The summed E-state index contributed by atoms with van der Waals surface area (Å²) in [5.41, 5.74) is 3.29. The molecule has 4 aromatic rings. The Hall–Kier alpha value is -2.97. The Morgan fingerprint density at radius 3 is 1.13 bits per heavy atom. The molecule has 292 valence electrons. The molecule has 0 aliphatic heterocycles. The summed E-state index contributed by atoms with van der Waals surface area (Å²) in [6, 6.07) is 24.7. The van der Waals surface area contributed by atoms with Crippen LogP contribution in [-0.2, 0) is 8.85 Å². The summed E-state index contributed by atoms with van der Waals surface area (Å²) in [4.78, 5) is 2.06. The number of anilines is 4. The molecule has 0 aliphatic carbocycles. The van der Waals surface area contributed by atoms with Crippen molar-refractivity contribution in [3.8, 4) is 0 Å².